The minimum Gasteiger partial charge on any atom is -0.396 e. The molecule has 0 atom stereocenters. The number of aromatic nitrogens is 1. The molecule has 0 amide bonds. The van der Waals surface area contributed by atoms with Gasteiger partial charge in [0.15, 0.2) is 5.82 Å². The summed E-state index contributed by atoms with van der Waals surface area (Å²) in [6, 6.07) is 0.810. The lowest BCUT2D eigenvalue weighted by atomic mass is 10.3. The highest BCUT2D eigenvalue weighted by molar-refractivity contribution is 9.10. The minimum atomic E-state index is -2.75. The minimum absolute atomic E-state index is 0.294. The van der Waals surface area contributed by atoms with Gasteiger partial charge >= 0.3 is 0 Å². The molecule has 1 aromatic heterocycles. The largest absolute Gasteiger partial charge is 0.396 e. The van der Waals surface area contributed by atoms with E-state index in [1.807, 2.05) is 0 Å². The van der Waals surface area contributed by atoms with E-state index < -0.39 is 17.9 Å². The summed E-state index contributed by atoms with van der Waals surface area (Å²) < 4.78 is 36.4. The van der Waals surface area contributed by atoms with Gasteiger partial charge in [-0.05, 0) is 22.0 Å². The van der Waals surface area contributed by atoms with Gasteiger partial charge < -0.3 is 5.73 Å². The van der Waals surface area contributed by atoms with Crippen molar-refractivity contribution in [3.63, 3.8) is 0 Å². The van der Waals surface area contributed by atoms with Gasteiger partial charge in [-0.25, -0.2) is 18.2 Å². The molecule has 0 spiro atoms. The highest BCUT2D eigenvalue weighted by atomic mass is 79.9. The SMILES string of the molecule is Nc1cc(C(F)F)nc(Br)c1F. The summed E-state index contributed by atoms with van der Waals surface area (Å²) in [6.45, 7) is 0. The van der Waals surface area contributed by atoms with Crippen molar-refractivity contribution in [1.82, 2.24) is 4.98 Å². The number of rotatable bonds is 1. The predicted octanol–water partition coefficient (Wildman–Crippen LogP) is 2.50. The van der Waals surface area contributed by atoms with Crippen LogP contribution in [0.4, 0.5) is 18.9 Å². The molecule has 0 aliphatic rings. The average molecular weight is 241 g/mol. The normalized spacial score (nSPS) is 10.8. The maximum absolute atomic E-state index is 12.7. The third-order valence-electron chi connectivity index (χ3n) is 1.19. The van der Waals surface area contributed by atoms with Gasteiger partial charge in [0.1, 0.15) is 10.3 Å². The maximum Gasteiger partial charge on any atom is 0.280 e. The molecule has 1 heterocycles. The van der Waals surface area contributed by atoms with Crippen molar-refractivity contribution in [2.45, 2.75) is 6.43 Å². The van der Waals surface area contributed by atoms with Crippen molar-refractivity contribution in [1.29, 1.82) is 0 Å². The van der Waals surface area contributed by atoms with Gasteiger partial charge in [0.25, 0.3) is 6.43 Å². The summed E-state index contributed by atoms with van der Waals surface area (Å²) in [5.41, 5.74) is 4.20. The third kappa shape index (κ3) is 1.69. The summed E-state index contributed by atoms with van der Waals surface area (Å²) in [6.07, 6.45) is -2.75. The smallest absolute Gasteiger partial charge is 0.280 e. The molecule has 1 aromatic rings. The van der Waals surface area contributed by atoms with Crippen LogP contribution < -0.4 is 5.73 Å². The van der Waals surface area contributed by atoms with Crippen molar-refractivity contribution < 1.29 is 13.2 Å². The van der Waals surface area contributed by atoms with E-state index in [4.69, 9.17) is 5.73 Å². The molecule has 0 fully saturated rings. The fourth-order valence-corrected chi connectivity index (χ4v) is 1.08. The Balaban J connectivity index is 3.21. The van der Waals surface area contributed by atoms with Gasteiger partial charge in [0.05, 0.1) is 5.69 Å². The third-order valence-corrected chi connectivity index (χ3v) is 1.71. The van der Waals surface area contributed by atoms with Crippen LogP contribution in [0.15, 0.2) is 10.7 Å². The molecule has 66 valence electrons. The highest BCUT2D eigenvalue weighted by Gasteiger charge is 2.14. The van der Waals surface area contributed by atoms with E-state index in [1.165, 1.54) is 0 Å². The number of hydrogen-bond acceptors (Lipinski definition) is 2. The molecule has 0 saturated heterocycles. The van der Waals surface area contributed by atoms with Gasteiger partial charge in [-0.15, -0.1) is 0 Å². The molecular formula is C6H4BrF3N2. The summed E-state index contributed by atoms with van der Waals surface area (Å²) in [5, 5.41) is 0. The molecule has 0 bridgehead atoms. The first-order chi connectivity index (χ1) is 5.52. The van der Waals surface area contributed by atoms with E-state index in [9.17, 15) is 13.2 Å². The van der Waals surface area contributed by atoms with Gasteiger partial charge in [-0.3, -0.25) is 0 Å². The predicted molar refractivity (Wildman–Crippen MR) is 41.3 cm³/mol. The molecule has 2 nitrogen and oxygen atoms in total. The lowest BCUT2D eigenvalue weighted by Crippen LogP contribution is -1.99. The van der Waals surface area contributed by atoms with Crippen LogP contribution in [-0.4, -0.2) is 4.98 Å². The van der Waals surface area contributed by atoms with Gasteiger partial charge in [-0.2, -0.15) is 0 Å². The quantitative estimate of drug-likeness (QED) is 0.767. The topological polar surface area (TPSA) is 38.9 Å². The fourth-order valence-electron chi connectivity index (χ4n) is 0.648. The number of pyridine rings is 1. The zero-order chi connectivity index (χ0) is 9.30. The van der Waals surface area contributed by atoms with E-state index >= 15 is 0 Å². The number of hydrogen-bond donors (Lipinski definition) is 1. The monoisotopic (exact) mass is 240 g/mol. The van der Waals surface area contributed by atoms with Crippen molar-refractivity contribution in [2.75, 3.05) is 5.73 Å². The first-order valence-corrected chi connectivity index (χ1v) is 3.71. The first-order valence-electron chi connectivity index (χ1n) is 2.92. The van der Waals surface area contributed by atoms with E-state index in [1.54, 1.807) is 0 Å². The van der Waals surface area contributed by atoms with Crippen molar-refractivity contribution >= 4 is 21.6 Å². The van der Waals surface area contributed by atoms with Crippen LogP contribution in [0.3, 0.4) is 0 Å². The number of alkyl halides is 2. The molecule has 2 N–H and O–H groups in total. The van der Waals surface area contributed by atoms with Crippen LogP contribution in [0.25, 0.3) is 0 Å². The molecule has 0 aliphatic heterocycles. The van der Waals surface area contributed by atoms with E-state index in [0.717, 1.165) is 6.07 Å². The second-order valence-electron chi connectivity index (χ2n) is 2.04. The number of anilines is 1. The van der Waals surface area contributed by atoms with Crippen LogP contribution in [-0.2, 0) is 0 Å². The Morgan fingerprint density at radius 2 is 2.08 bits per heavy atom. The fraction of sp³-hybridized carbons (Fsp3) is 0.167. The summed E-state index contributed by atoms with van der Waals surface area (Å²) in [7, 11) is 0. The number of halogens is 4. The van der Waals surface area contributed by atoms with Gasteiger partial charge in [0.2, 0.25) is 0 Å². The van der Waals surface area contributed by atoms with Crippen LogP contribution in [0.5, 0.6) is 0 Å². The van der Waals surface area contributed by atoms with E-state index in [0.29, 0.717) is 0 Å². The molecule has 0 unspecified atom stereocenters. The van der Waals surface area contributed by atoms with Gasteiger partial charge in [0, 0.05) is 0 Å². The van der Waals surface area contributed by atoms with Crippen molar-refractivity contribution in [3.8, 4) is 0 Å². The Morgan fingerprint density at radius 1 is 1.50 bits per heavy atom. The van der Waals surface area contributed by atoms with Crippen molar-refractivity contribution in [3.05, 3.63) is 22.2 Å². The highest BCUT2D eigenvalue weighted by Crippen LogP contribution is 2.25. The lowest BCUT2D eigenvalue weighted by Gasteiger charge is -2.02. The Labute approximate surface area is 74.7 Å². The number of nitrogen functional groups attached to an aromatic ring is 1. The molecule has 12 heavy (non-hydrogen) atoms. The van der Waals surface area contributed by atoms with Crippen LogP contribution >= 0.6 is 15.9 Å². The second kappa shape index (κ2) is 3.30. The van der Waals surface area contributed by atoms with E-state index in [2.05, 4.69) is 20.9 Å². The molecule has 0 radical (unpaired) electrons. The summed E-state index contributed by atoms with van der Waals surface area (Å²) in [4.78, 5) is 3.24. The molecule has 0 aliphatic carbocycles. The first kappa shape index (κ1) is 9.31. The Hall–Kier alpha value is -0.780. The number of nitrogens with two attached hydrogens (primary N) is 1. The van der Waals surface area contributed by atoms with Crippen LogP contribution in [0.2, 0.25) is 0 Å². The maximum atomic E-state index is 12.7. The summed E-state index contributed by atoms with van der Waals surface area (Å²) in [5.74, 6) is -0.820. The Bertz CT molecular complexity index is 280. The zero-order valence-corrected chi connectivity index (χ0v) is 7.28. The standard InChI is InChI=1S/C6H4BrF3N2/c7-5-4(8)2(11)1-3(12-5)6(9)10/h1,6H,(H2,11,12). The Morgan fingerprint density at radius 3 is 2.50 bits per heavy atom. The average Bonchev–Trinajstić information content (AvgIpc) is 1.99. The van der Waals surface area contributed by atoms with Crippen molar-refractivity contribution in [2.24, 2.45) is 0 Å². The van der Waals surface area contributed by atoms with E-state index in [-0.39, 0.29) is 10.3 Å². The van der Waals surface area contributed by atoms with Gasteiger partial charge in [-0.1, -0.05) is 0 Å². The summed E-state index contributed by atoms with van der Waals surface area (Å²) >= 11 is 2.67. The molecule has 6 heteroatoms. The molecule has 0 saturated carbocycles. The Kier molecular flexibility index (Phi) is 2.56. The van der Waals surface area contributed by atoms with Crippen LogP contribution in [0.1, 0.15) is 12.1 Å². The van der Waals surface area contributed by atoms with Crippen LogP contribution in [0, 0.1) is 5.82 Å². The lowest BCUT2D eigenvalue weighted by molar-refractivity contribution is 0.146. The molecule has 1 rings (SSSR count). The number of nitrogens with zero attached hydrogens (tertiary/aromatic N) is 1. The zero-order valence-electron chi connectivity index (χ0n) is 5.69. The molecular weight excluding hydrogens is 237 g/mol. The second-order valence-corrected chi connectivity index (χ2v) is 2.79. The molecule has 0 aromatic carbocycles.